The fourth-order valence-electron chi connectivity index (χ4n) is 1.73. The normalized spacial score (nSPS) is 11.8. The fourth-order valence-corrected chi connectivity index (χ4v) is 1.73. The summed E-state index contributed by atoms with van der Waals surface area (Å²) < 4.78 is 14.0. The minimum absolute atomic E-state index is 0.123. The molecule has 0 radical (unpaired) electrons. The van der Waals surface area contributed by atoms with Gasteiger partial charge in [-0.15, -0.1) is 0 Å². The molecule has 2 rings (SSSR count). The van der Waals surface area contributed by atoms with E-state index < -0.39 is 11.7 Å². The number of anilines is 2. The topological polar surface area (TPSA) is 88.7 Å². The maximum atomic E-state index is 14.0. The average molecular weight is 242 g/mol. The second kappa shape index (κ2) is 4.72. The highest BCUT2D eigenvalue weighted by Crippen LogP contribution is 2.31. The number of nitriles is 1. The van der Waals surface area contributed by atoms with Crippen LogP contribution in [-0.4, -0.2) is 4.98 Å². The van der Waals surface area contributed by atoms with Gasteiger partial charge >= 0.3 is 0 Å². The van der Waals surface area contributed by atoms with Crippen molar-refractivity contribution in [3.63, 3.8) is 0 Å². The molecular weight excluding hydrogens is 231 g/mol. The van der Waals surface area contributed by atoms with E-state index in [1.165, 1.54) is 12.1 Å². The predicted octanol–water partition coefficient (Wildman–Crippen LogP) is 2.04. The van der Waals surface area contributed by atoms with Crippen molar-refractivity contribution in [3.05, 3.63) is 53.6 Å². The number of halogens is 1. The lowest BCUT2D eigenvalue weighted by atomic mass is 9.92. The van der Waals surface area contributed by atoms with Crippen LogP contribution in [0.3, 0.4) is 0 Å². The number of rotatable bonds is 2. The minimum Gasteiger partial charge on any atom is -0.397 e. The number of hydrogen-bond acceptors (Lipinski definition) is 4. The van der Waals surface area contributed by atoms with Gasteiger partial charge in [-0.05, 0) is 23.8 Å². The molecule has 2 aromatic rings. The lowest BCUT2D eigenvalue weighted by Gasteiger charge is -2.13. The van der Waals surface area contributed by atoms with E-state index in [1.807, 2.05) is 0 Å². The van der Waals surface area contributed by atoms with Crippen LogP contribution in [0.25, 0.3) is 0 Å². The summed E-state index contributed by atoms with van der Waals surface area (Å²) in [5, 5.41) is 9.21. The van der Waals surface area contributed by atoms with Crippen LogP contribution in [0.4, 0.5) is 15.8 Å². The third-order valence-electron chi connectivity index (χ3n) is 2.72. The van der Waals surface area contributed by atoms with Crippen molar-refractivity contribution in [2.45, 2.75) is 5.92 Å². The molecule has 1 aromatic carbocycles. The molecule has 5 heteroatoms. The van der Waals surface area contributed by atoms with Crippen molar-refractivity contribution >= 4 is 11.4 Å². The molecule has 4 nitrogen and oxygen atoms in total. The lowest BCUT2D eigenvalue weighted by molar-refractivity contribution is 0.614. The van der Waals surface area contributed by atoms with Crippen molar-refractivity contribution in [2.24, 2.45) is 0 Å². The molecule has 0 saturated heterocycles. The molecule has 90 valence electrons. The van der Waals surface area contributed by atoms with Gasteiger partial charge in [-0.3, -0.25) is 4.98 Å². The molecule has 0 bridgehead atoms. The van der Waals surface area contributed by atoms with Crippen molar-refractivity contribution in [1.29, 1.82) is 5.26 Å². The number of nitrogens with zero attached hydrogens (tertiary/aromatic N) is 2. The second-order valence-corrected chi connectivity index (χ2v) is 3.81. The Morgan fingerprint density at radius 1 is 1.17 bits per heavy atom. The van der Waals surface area contributed by atoms with Crippen molar-refractivity contribution in [2.75, 3.05) is 11.5 Å². The van der Waals surface area contributed by atoms with E-state index in [4.69, 9.17) is 11.5 Å². The highest BCUT2D eigenvalue weighted by Gasteiger charge is 2.19. The SMILES string of the molecule is N#CC(c1ccncc1)c1ccc(N)c(N)c1F. The Morgan fingerprint density at radius 2 is 1.83 bits per heavy atom. The zero-order valence-electron chi connectivity index (χ0n) is 9.47. The van der Waals surface area contributed by atoms with E-state index in [1.54, 1.807) is 24.5 Å². The highest BCUT2D eigenvalue weighted by atomic mass is 19.1. The van der Waals surface area contributed by atoms with Gasteiger partial charge in [0.25, 0.3) is 0 Å². The Kier molecular flexibility index (Phi) is 3.11. The fraction of sp³-hybridized carbons (Fsp3) is 0.0769. The highest BCUT2D eigenvalue weighted by molar-refractivity contribution is 5.66. The van der Waals surface area contributed by atoms with Crippen LogP contribution in [0.2, 0.25) is 0 Å². The van der Waals surface area contributed by atoms with Gasteiger partial charge in [0.2, 0.25) is 0 Å². The number of hydrogen-bond donors (Lipinski definition) is 2. The van der Waals surface area contributed by atoms with E-state index in [-0.39, 0.29) is 16.9 Å². The second-order valence-electron chi connectivity index (χ2n) is 3.81. The number of nitrogens with two attached hydrogens (primary N) is 2. The van der Waals surface area contributed by atoms with Crippen LogP contribution in [0.1, 0.15) is 17.0 Å². The van der Waals surface area contributed by atoms with Gasteiger partial charge in [0, 0.05) is 18.0 Å². The van der Waals surface area contributed by atoms with Crippen LogP contribution in [0.5, 0.6) is 0 Å². The first-order valence-electron chi connectivity index (χ1n) is 5.28. The summed E-state index contributed by atoms with van der Waals surface area (Å²) in [6.45, 7) is 0. The Labute approximate surface area is 104 Å². The standard InChI is InChI=1S/C13H11FN4/c14-12-9(1-2-11(16)13(12)17)10(7-15)8-3-5-18-6-4-8/h1-6,10H,16-17H2. The molecule has 0 amide bonds. The van der Waals surface area contributed by atoms with Gasteiger partial charge in [-0.2, -0.15) is 5.26 Å². The van der Waals surface area contributed by atoms with Crippen LogP contribution >= 0.6 is 0 Å². The van der Waals surface area contributed by atoms with Gasteiger partial charge in [0.1, 0.15) is 0 Å². The first kappa shape index (κ1) is 11.9. The van der Waals surface area contributed by atoms with Gasteiger partial charge in [-0.1, -0.05) is 6.07 Å². The van der Waals surface area contributed by atoms with Crippen molar-refractivity contribution in [1.82, 2.24) is 4.98 Å². The predicted molar refractivity (Wildman–Crippen MR) is 66.9 cm³/mol. The third-order valence-corrected chi connectivity index (χ3v) is 2.72. The molecule has 1 aromatic heterocycles. The molecule has 0 aliphatic rings. The summed E-state index contributed by atoms with van der Waals surface area (Å²) in [4.78, 5) is 3.86. The molecule has 1 unspecified atom stereocenters. The van der Waals surface area contributed by atoms with E-state index >= 15 is 0 Å². The van der Waals surface area contributed by atoms with E-state index in [2.05, 4.69) is 11.1 Å². The summed E-state index contributed by atoms with van der Waals surface area (Å²) in [6.07, 6.45) is 3.11. The van der Waals surface area contributed by atoms with Gasteiger partial charge in [0.05, 0.1) is 23.4 Å². The smallest absolute Gasteiger partial charge is 0.153 e. The molecule has 0 spiro atoms. The van der Waals surface area contributed by atoms with Crippen molar-refractivity contribution in [3.8, 4) is 6.07 Å². The maximum Gasteiger partial charge on any atom is 0.153 e. The summed E-state index contributed by atoms with van der Waals surface area (Å²) in [5.41, 5.74) is 12.0. The molecule has 4 N–H and O–H groups in total. The average Bonchev–Trinajstić information content (AvgIpc) is 2.41. The quantitative estimate of drug-likeness (QED) is 0.788. The summed E-state index contributed by atoms with van der Waals surface area (Å²) in [6, 6.07) is 8.37. The molecular formula is C13H11FN4. The number of benzene rings is 1. The minimum atomic E-state index is -0.726. The van der Waals surface area contributed by atoms with E-state index in [0.717, 1.165) is 0 Å². The summed E-state index contributed by atoms with van der Waals surface area (Å²) in [5.74, 6) is -1.37. The number of nitrogen functional groups attached to an aromatic ring is 2. The molecule has 18 heavy (non-hydrogen) atoms. The first-order valence-corrected chi connectivity index (χ1v) is 5.28. The Bertz CT molecular complexity index is 604. The number of aromatic nitrogens is 1. The molecule has 1 heterocycles. The lowest BCUT2D eigenvalue weighted by Crippen LogP contribution is -2.06. The van der Waals surface area contributed by atoms with Crippen LogP contribution in [0.15, 0.2) is 36.7 Å². The molecule has 0 aliphatic heterocycles. The molecule has 0 saturated carbocycles. The maximum absolute atomic E-state index is 14.0. The van der Waals surface area contributed by atoms with Crippen LogP contribution in [0, 0.1) is 17.1 Å². The van der Waals surface area contributed by atoms with E-state index in [0.29, 0.717) is 5.56 Å². The summed E-state index contributed by atoms with van der Waals surface area (Å²) in [7, 11) is 0. The largest absolute Gasteiger partial charge is 0.397 e. The Hall–Kier alpha value is -2.61. The van der Waals surface area contributed by atoms with Gasteiger partial charge < -0.3 is 11.5 Å². The summed E-state index contributed by atoms with van der Waals surface area (Å²) >= 11 is 0. The van der Waals surface area contributed by atoms with Crippen molar-refractivity contribution < 1.29 is 4.39 Å². The number of pyridine rings is 1. The monoisotopic (exact) mass is 242 g/mol. The van der Waals surface area contributed by atoms with E-state index in [9.17, 15) is 9.65 Å². The first-order chi connectivity index (χ1) is 8.65. The zero-order valence-corrected chi connectivity index (χ0v) is 9.47. The molecule has 0 aliphatic carbocycles. The molecule has 0 fully saturated rings. The third kappa shape index (κ3) is 1.96. The van der Waals surface area contributed by atoms with Crippen LogP contribution < -0.4 is 11.5 Å². The van der Waals surface area contributed by atoms with Gasteiger partial charge in [0.15, 0.2) is 5.82 Å². The zero-order chi connectivity index (χ0) is 13.1. The Balaban J connectivity index is 2.54. The van der Waals surface area contributed by atoms with Crippen LogP contribution in [-0.2, 0) is 0 Å². The Morgan fingerprint density at radius 3 is 2.44 bits per heavy atom. The molecule has 1 atom stereocenters. The van der Waals surface area contributed by atoms with Gasteiger partial charge in [-0.25, -0.2) is 4.39 Å².